The molecule has 1 aromatic heterocycles. The van der Waals surface area contributed by atoms with Crippen LogP contribution in [0.1, 0.15) is 13.8 Å². The van der Waals surface area contributed by atoms with Crippen LogP contribution in [-0.4, -0.2) is 40.1 Å². The normalized spacial score (nSPS) is 12.0. The van der Waals surface area contributed by atoms with Crippen molar-refractivity contribution in [3.8, 4) is 0 Å². The Bertz CT molecular complexity index is 503. The van der Waals surface area contributed by atoms with Gasteiger partial charge in [-0.3, -0.25) is 4.79 Å². The van der Waals surface area contributed by atoms with Crippen LogP contribution in [0.5, 0.6) is 0 Å². The Hall–Kier alpha value is -1.41. The second kappa shape index (κ2) is 7.25. The van der Waals surface area contributed by atoms with Crippen LogP contribution in [0.15, 0.2) is 15.5 Å². The van der Waals surface area contributed by atoms with Crippen LogP contribution in [-0.2, 0) is 16.1 Å². The van der Waals surface area contributed by atoms with Gasteiger partial charge in [-0.1, -0.05) is 0 Å². The molecule has 0 fully saturated rings. The second-order valence-electron chi connectivity index (χ2n) is 3.74. The molecule has 0 saturated heterocycles. The van der Waals surface area contributed by atoms with Gasteiger partial charge in [0.05, 0.1) is 31.6 Å². The molecule has 1 atom stereocenters. The number of halogens is 1. The zero-order valence-electron chi connectivity index (χ0n) is 10.7. The van der Waals surface area contributed by atoms with Crippen LogP contribution in [0.2, 0.25) is 0 Å². The van der Waals surface area contributed by atoms with E-state index in [0.717, 1.165) is 4.68 Å². The first kappa shape index (κ1) is 15.6. The highest BCUT2D eigenvalue weighted by Gasteiger charge is 2.16. The summed E-state index contributed by atoms with van der Waals surface area (Å²) < 4.78 is 6.24. The molecule has 0 amide bonds. The molecule has 0 aliphatic heterocycles. The van der Waals surface area contributed by atoms with E-state index < -0.39 is 12.0 Å². The van der Waals surface area contributed by atoms with Crippen molar-refractivity contribution in [2.75, 3.05) is 18.5 Å². The van der Waals surface area contributed by atoms with Crippen LogP contribution in [0.25, 0.3) is 0 Å². The van der Waals surface area contributed by atoms with E-state index in [1.807, 2.05) is 0 Å². The molecule has 106 valence electrons. The number of rotatable bonds is 6. The van der Waals surface area contributed by atoms with E-state index in [2.05, 4.69) is 26.3 Å². The average Bonchev–Trinajstić information content (AvgIpc) is 2.38. The number of esters is 1. The van der Waals surface area contributed by atoms with Crippen molar-refractivity contribution in [3.63, 3.8) is 0 Å². The second-order valence-corrected chi connectivity index (χ2v) is 4.54. The maximum Gasteiger partial charge on any atom is 0.328 e. The molecule has 1 rings (SSSR count). The highest BCUT2D eigenvalue weighted by molar-refractivity contribution is 9.10. The molecular weight excluding hydrogens is 318 g/mol. The minimum absolute atomic E-state index is 0.116. The van der Waals surface area contributed by atoms with Gasteiger partial charge in [0.2, 0.25) is 0 Å². The number of aromatic nitrogens is 2. The average molecular weight is 334 g/mol. The third-order valence-electron chi connectivity index (χ3n) is 2.31. The smallest absolute Gasteiger partial charge is 0.328 e. The molecule has 0 radical (unpaired) electrons. The van der Waals surface area contributed by atoms with Gasteiger partial charge in [0.1, 0.15) is 10.5 Å². The van der Waals surface area contributed by atoms with Gasteiger partial charge < -0.3 is 15.2 Å². The lowest BCUT2D eigenvalue weighted by Crippen LogP contribution is -2.31. The number of carbonyl (C=O) groups excluding carboxylic acids is 1. The summed E-state index contributed by atoms with van der Waals surface area (Å²) in [5.41, 5.74) is 0.0230. The van der Waals surface area contributed by atoms with E-state index in [4.69, 9.17) is 9.84 Å². The SMILES string of the molecule is CCOC(=O)C(C)Nc1cnn(CCO)c(=O)c1Br. The monoisotopic (exact) mass is 333 g/mol. The zero-order valence-corrected chi connectivity index (χ0v) is 12.3. The van der Waals surface area contributed by atoms with Crippen molar-refractivity contribution >= 4 is 27.6 Å². The Morgan fingerprint density at radius 3 is 2.95 bits per heavy atom. The van der Waals surface area contributed by atoms with Gasteiger partial charge in [-0.15, -0.1) is 0 Å². The molecule has 1 unspecified atom stereocenters. The predicted octanol–water partition coefficient (Wildman–Crippen LogP) is 0.362. The largest absolute Gasteiger partial charge is 0.464 e. The van der Waals surface area contributed by atoms with E-state index >= 15 is 0 Å². The number of aliphatic hydroxyl groups is 1. The number of hydrogen-bond acceptors (Lipinski definition) is 6. The van der Waals surface area contributed by atoms with Gasteiger partial charge in [-0.2, -0.15) is 5.10 Å². The van der Waals surface area contributed by atoms with Gasteiger partial charge in [-0.05, 0) is 29.8 Å². The molecule has 8 heteroatoms. The number of carbonyl (C=O) groups is 1. The summed E-state index contributed by atoms with van der Waals surface area (Å²) in [6, 6.07) is -0.592. The van der Waals surface area contributed by atoms with Crippen LogP contribution in [0.4, 0.5) is 5.69 Å². The highest BCUT2D eigenvalue weighted by Crippen LogP contribution is 2.17. The van der Waals surface area contributed by atoms with Crippen molar-refractivity contribution < 1.29 is 14.6 Å². The lowest BCUT2D eigenvalue weighted by molar-refractivity contribution is -0.143. The van der Waals surface area contributed by atoms with Crippen LogP contribution >= 0.6 is 15.9 Å². The summed E-state index contributed by atoms with van der Waals surface area (Å²) in [7, 11) is 0. The summed E-state index contributed by atoms with van der Waals surface area (Å²) in [6.45, 7) is 3.58. The van der Waals surface area contributed by atoms with E-state index in [1.54, 1.807) is 13.8 Å². The van der Waals surface area contributed by atoms with Crippen LogP contribution in [0, 0.1) is 0 Å². The first-order valence-corrected chi connectivity index (χ1v) is 6.60. The molecule has 0 saturated carbocycles. The van der Waals surface area contributed by atoms with Crippen molar-refractivity contribution in [2.45, 2.75) is 26.4 Å². The molecule has 2 N–H and O–H groups in total. The van der Waals surface area contributed by atoms with E-state index in [0.29, 0.717) is 12.3 Å². The van der Waals surface area contributed by atoms with Gasteiger partial charge in [0.15, 0.2) is 0 Å². The standard InChI is InChI=1S/C11H16BrN3O4/c1-3-19-11(18)7(2)14-8-6-13-15(4-5-16)10(17)9(8)12/h6-7,14,16H,3-5H2,1-2H3. The maximum atomic E-state index is 11.8. The molecule has 0 aromatic carbocycles. The van der Waals surface area contributed by atoms with E-state index in [1.165, 1.54) is 6.20 Å². The summed E-state index contributed by atoms with van der Waals surface area (Å²) in [4.78, 5) is 23.3. The maximum absolute atomic E-state index is 11.8. The Morgan fingerprint density at radius 1 is 1.68 bits per heavy atom. The molecule has 0 spiro atoms. The third-order valence-corrected chi connectivity index (χ3v) is 3.08. The number of ether oxygens (including phenoxy) is 1. The summed E-state index contributed by atoms with van der Waals surface area (Å²) in [5, 5.41) is 15.5. The Morgan fingerprint density at radius 2 is 2.37 bits per heavy atom. The summed E-state index contributed by atoms with van der Waals surface area (Å²) in [6.07, 6.45) is 1.41. The van der Waals surface area contributed by atoms with Crippen LogP contribution < -0.4 is 10.9 Å². The Labute approximate surface area is 118 Å². The Balaban J connectivity index is 2.88. The topological polar surface area (TPSA) is 93.4 Å². The van der Waals surface area contributed by atoms with E-state index in [9.17, 15) is 9.59 Å². The fraction of sp³-hybridized carbons (Fsp3) is 0.545. The summed E-state index contributed by atoms with van der Waals surface area (Å²) in [5.74, 6) is -0.408. The molecule has 1 heterocycles. The van der Waals surface area contributed by atoms with E-state index in [-0.39, 0.29) is 23.2 Å². The van der Waals surface area contributed by atoms with Crippen LogP contribution in [0.3, 0.4) is 0 Å². The van der Waals surface area contributed by atoms with Gasteiger partial charge in [0.25, 0.3) is 5.56 Å². The number of nitrogens with one attached hydrogen (secondary N) is 1. The number of anilines is 1. The van der Waals surface area contributed by atoms with Crippen molar-refractivity contribution in [1.82, 2.24) is 9.78 Å². The fourth-order valence-corrected chi connectivity index (χ4v) is 1.80. The Kier molecular flexibility index (Phi) is 5.97. The summed E-state index contributed by atoms with van der Waals surface area (Å²) >= 11 is 3.15. The number of nitrogens with zero attached hydrogens (tertiary/aromatic N) is 2. The molecule has 19 heavy (non-hydrogen) atoms. The molecule has 1 aromatic rings. The fourth-order valence-electron chi connectivity index (χ4n) is 1.38. The third kappa shape index (κ3) is 4.03. The molecule has 0 bridgehead atoms. The minimum atomic E-state index is -0.592. The quantitative estimate of drug-likeness (QED) is 0.730. The molecule has 0 aliphatic carbocycles. The first-order valence-electron chi connectivity index (χ1n) is 5.80. The number of aliphatic hydroxyl groups excluding tert-OH is 1. The molecular formula is C11H16BrN3O4. The lowest BCUT2D eigenvalue weighted by Gasteiger charge is -2.15. The first-order chi connectivity index (χ1) is 9.01. The van der Waals surface area contributed by atoms with Crippen molar-refractivity contribution in [2.24, 2.45) is 0 Å². The molecule has 0 aliphatic rings. The van der Waals surface area contributed by atoms with Gasteiger partial charge in [-0.25, -0.2) is 9.48 Å². The van der Waals surface area contributed by atoms with Gasteiger partial charge in [0, 0.05) is 0 Å². The highest BCUT2D eigenvalue weighted by atomic mass is 79.9. The van der Waals surface area contributed by atoms with Crippen molar-refractivity contribution in [1.29, 1.82) is 0 Å². The predicted molar refractivity (Wildman–Crippen MR) is 73.0 cm³/mol. The lowest BCUT2D eigenvalue weighted by atomic mass is 10.3. The molecule has 7 nitrogen and oxygen atoms in total. The zero-order chi connectivity index (χ0) is 14.4. The van der Waals surface area contributed by atoms with Gasteiger partial charge >= 0.3 is 5.97 Å². The van der Waals surface area contributed by atoms with Crippen molar-refractivity contribution in [3.05, 3.63) is 21.0 Å². The number of hydrogen-bond donors (Lipinski definition) is 2. The minimum Gasteiger partial charge on any atom is -0.464 e.